The Morgan fingerprint density at radius 3 is 2.65 bits per heavy atom. The molecule has 0 amide bonds. The molecule has 3 rings (SSSR count). The van der Waals surface area contributed by atoms with Crippen molar-refractivity contribution < 1.29 is 4.74 Å². The van der Waals surface area contributed by atoms with Crippen LogP contribution in [0.4, 0.5) is 0 Å². The van der Waals surface area contributed by atoms with Crippen LogP contribution in [0.1, 0.15) is 12.5 Å². The largest absolute Gasteiger partial charge is 0.494 e. The van der Waals surface area contributed by atoms with E-state index in [0.717, 1.165) is 28.3 Å². The van der Waals surface area contributed by atoms with Crippen molar-refractivity contribution in [1.82, 2.24) is 14.1 Å². The van der Waals surface area contributed by atoms with Gasteiger partial charge >= 0.3 is 0 Å². The van der Waals surface area contributed by atoms with E-state index in [1.807, 2.05) is 56.1 Å². The summed E-state index contributed by atoms with van der Waals surface area (Å²) in [6.45, 7) is 4.54. The summed E-state index contributed by atoms with van der Waals surface area (Å²) in [5, 5.41) is 0. The van der Waals surface area contributed by atoms with Gasteiger partial charge in [0.15, 0.2) is 0 Å². The van der Waals surface area contributed by atoms with Gasteiger partial charge in [-0.1, -0.05) is 0 Å². The fourth-order valence-electron chi connectivity index (χ4n) is 2.54. The van der Waals surface area contributed by atoms with Crippen molar-refractivity contribution in [3.63, 3.8) is 0 Å². The Bertz CT molecular complexity index is 893. The van der Waals surface area contributed by atoms with E-state index < -0.39 is 0 Å². The van der Waals surface area contributed by atoms with E-state index in [4.69, 9.17) is 4.74 Å². The van der Waals surface area contributed by atoms with Gasteiger partial charge < -0.3 is 9.30 Å². The van der Waals surface area contributed by atoms with Gasteiger partial charge in [-0.2, -0.15) is 0 Å². The molecule has 0 N–H and O–H groups in total. The molecule has 0 spiro atoms. The Morgan fingerprint density at radius 1 is 1.17 bits per heavy atom. The summed E-state index contributed by atoms with van der Waals surface area (Å²) >= 11 is 0. The number of hydrogen-bond acceptors (Lipinski definition) is 3. The zero-order chi connectivity index (χ0) is 16.4. The summed E-state index contributed by atoms with van der Waals surface area (Å²) in [4.78, 5) is 16.6. The molecule has 0 bridgehead atoms. The molecule has 0 aliphatic heterocycles. The summed E-state index contributed by atoms with van der Waals surface area (Å²) in [7, 11) is 1.92. The Kier molecular flexibility index (Phi) is 4.02. The first kappa shape index (κ1) is 15.1. The number of aryl methyl sites for hydroxylation is 2. The molecule has 2 aromatic heterocycles. The second-order valence-corrected chi connectivity index (χ2v) is 5.43. The fraction of sp³-hybridized carbons (Fsp3) is 0.222. The quantitative estimate of drug-likeness (QED) is 0.744. The molecular weight excluding hydrogens is 290 g/mol. The van der Waals surface area contributed by atoms with Gasteiger partial charge in [0.05, 0.1) is 24.3 Å². The number of benzene rings is 1. The highest BCUT2D eigenvalue weighted by Gasteiger charge is 2.08. The first-order valence-electron chi connectivity index (χ1n) is 7.53. The van der Waals surface area contributed by atoms with Crippen LogP contribution in [0.5, 0.6) is 5.75 Å². The molecule has 0 atom stereocenters. The van der Waals surface area contributed by atoms with E-state index in [9.17, 15) is 4.79 Å². The summed E-state index contributed by atoms with van der Waals surface area (Å²) < 4.78 is 9.03. The topological polar surface area (TPSA) is 49.0 Å². The number of imidazole rings is 1. The van der Waals surface area contributed by atoms with Gasteiger partial charge in [-0.05, 0) is 43.7 Å². The summed E-state index contributed by atoms with van der Waals surface area (Å²) in [6.07, 6.45) is 5.50. The molecule has 3 aromatic rings. The van der Waals surface area contributed by atoms with Crippen molar-refractivity contribution in [1.29, 1.82) is 0 Å². The van der Waals surface area contributed by atoms with Gasteiger partial charge in [0.1, 0.15) is 5.75 Å². The molecule has 0 radical (unpaired) electrons. The van der Waals surface area contributed by atoms with E-state index in [1.54, 1.807) is 23.0 Å². The third-order valence-electron chi connectivity index (χ3n) is 3.65. The minimum absolute atomic E-state index is 0.0723. The maximum absolute atomic E-state index is 12.3. The fourth-order valence-corrected chi connectivity index (χ4v) is 2.54. The van der Waals surface area contributed by atoms with E-state index >= 15 is 0 Å². The molecular formula is C18H19N3O2. The normalized spacial score (nSPS) is 10.7. The Balaban J connectivity index is 2.07. The minimum atomic E-state index is -0.0723. The van der Waals surface area contributed by atoms with Crippen molar-refractivity contribution in [2.75, 3.05) is 6.61 Å². The predicted octanol–water partition coefficient (Wildman–Crippen LogP) is 2.95. The highest BCUT2D eigenvalue weighted by Crippen LogP contribution is 2.22. The van der Waals surface area contributed by atoms with Crippen LogP contribution in [0.2, 0.25) is 0 Å². The standard InChI is InChI=1S/C18H19N3O2/c1-4-23-15-6-7-17(13(2)9-15)21-10-14(5-8-18(21)22)16-11-20(3)12-19-16/h5-12H,4H2,1-3H3. The Hall–Kier alpha value is -2.82. The number of nitrogens with zero attached hydrogens (tertiary/aromatic N) is 3. The molecule has 0 fully saturated rings. The maximum atomic E-state index is 12.3. The van der Waals surface area contributed by atoms with Crippen LogP contribution >= 0.6 is 0 Å². The average molecular weight is 309 g/mol. The van der Waals surface area contributed by atoms with Crippen LogP contribution in [-0.2, 0) is 7.05 Å². The van der Waals surface area contributed by atoms with Gasteiger partial charge in [0, 0.05) is 31.1 Å². The Morgan fingerprint density at radius 2 is 2.00 bits per heavy atom. The van der Waals surface area contributed by atoms with Gasteiger partial charge in [0.25, 0.3) is 5.56 Å². The van der Waals surface area contributed by atoms with Crippen molar-refractivity contribution >= 4 is 0 Å². The predicted molar refractivity (Wildman–Crippen MR) is 90.1 cm³/mol. The highest BCUT2D eigenvalue weighted by molar-refractivity contribution is 5.58. The smallest absolute Gasteiger partial charge is 0.255 e. The molecule has 23 heavy (non-hydrogen) atoms. The van der Waals surface area contributed by atoms with Gasteiger partial charge in [-0.3, -0.25) is 9.36 Å². The molecule has 0 saturated heterocycles. The van der Waals surface area contributed by atoms with Crippen LogP contribution in [0.3, 0.4) is 0 Å². The first-order valence-corrected chi connectivity index (χ1v) is 7.53. The molecule has 0 aliphatic carbocycles. The van der Waals surface area contributed by atoms with E-state index in [0.29, 0.717) is 6.61 Å². The zero-order valence-corrected chi connectivity index (χ0v) is 13.5. The third kappa shape index (κ3) is 3.04. The van der Waals surface area contributed by atoms with Crippen LogP contribution in [0.25, 0.3) is 16.9 Å². The number of ether oxygens (including phenoxy) is 1. The SMILES string of the molecule is CCOc1ccc(-n2cc(-c3cn(C)cn3)ccc2=O)c(C)c1. The second kappa shape index (κ2) is 6.12. The van der Waals surface area contributed by atoms with E-state index in [1.165, 1.54) is 0 Å². The number of aromatic nitrogens is 3. The van der Waals surface area contributed by atoms with Gasteiger partial charge in [-0.15, -0.1) is 0 Å². The van der Waals surface area contributed by atoms with Crippen LogP contribution < -0.4 is 10.3 Å². The van der Waals surface area contributed by atoms with Crippen molar-refractivity contribution in [2.24, 2.45) is 7.05 Å². The maximum Gasteiger partial charge on any atom is 0.255 e. The average Bonchev–Trinajstić information content (AvgIpc) is 2.95. The zero-order valence-electron chi connectivity index (χ0n) is 13.5. The minimum Gasteiger partial charge on any atom is -0.494 e. The molecule has 0 saturated carbocycles. The number of rotatable bonds is 4. The lowest BCUT2D eigenvalue weighted by atomic mass is 10.1. The van der Waals surface area contributed by atoms with Crippen molar-refractivity contribution in [3.8, 4) is 22.7 Å². The molecule has 1 aromatic carbocycles. The second-order valence-electron chi connectivity index (χ2n) is 5.43. The van der Waals surface area contributed by atoms with Crippen LogP contribution in [0.15, 0.2) is 53.8 Å². The molecule has 2 heterocycles. The molecule has 0 unspecified atom stereocenters. The van der Waals surface area contributed by atoms with Crippen LogP contribution in [0, 0.1) is 6.92 Å². The molecule has 5 nitrogen and oxygen atoms in total. The molecule has 118 valence electrons. The monoisotopic (exact) mass is 309 g/mol. The molecule has 5 heteroatoms. The number of pyridine rings is 1. The van der Waals surface area contributed by atoms with E-state index in [2.05, 4.69) is 4.98 Å². The van der Waals surface area contributed by atoms with E-state index in [-0.39, 0.29) is 5.56 Å². The number of hydrogen-bond donors (Lipinski definition) is 0. The lowest BCUT2D eigenvalue weighted by Crippen LogP contribution is -2.17. The lowest BCUT2D eigenvalue weighted by Gasteiger charge is -2.12. The third-order valence-corrected chi connectivity index (χ3v) is 3.65. The summed E-state index contributed by atoms with van der Waals surface area (Å²) in [5.41, 5.74) is 3.49. The highest BCUT2D eigenvalue weighted by atomic mass is 16.5. The van der Waals surface area contributed by atoms with Crippen LogP contribution in [-0.4, -0.2) is 20.7 Å². The Labute approximate surface area is 134 Å². The van der Waals surface area contributed by atoms with Gasteiger partial charge in [0.2, 0.25) is 0 Å². The summed E-state index contributed by atoms with van der Waals surface area (Å²) in [5.74, 6) is 0.808. The lowest BCUT2D eigenvalue weighted by molar-refractivity contribution is 0.340. The van der Waals surface area contributed by atoms with Crippen molar-refractivity contribution in [2.45, 2.75) is 13.8 Å². The van der Waals surface area contributed by atoms with Crippen molar-refractivity contribution in [3.05, 3.63) is 65.0 Å². The summed E-state index contributed by atoms with van der Waals surface area (Å²) in [6, 6.07) is 9.10. The first-order chi connectivity index (χ1) is 11.1. The van der Waals surface area contributed by atoms with Gasteiger partial charge in [-0.25, -0.2) is 4.98 Å². The molecule has 0 aliphatic rings.